The molecule has 2 aromatic rings. The minimum absolute atomic E-state index is 0.0137. The first-order chi connectivity index (χ1) is 13.6. The summed E-state index contributed by atoms with van der Waals surface area (Å²) in [5, 5.41) is 12.9. The molecule has 0 unspecified atom stereocenters. The zero-order chi connectivity index (χ0) is 19.5. The molecule has 0 radical (unpaired) electrons. The topological polar surface area (TPSA) is 81.5 Å². The summed E-state index contributed by atoms with van der Waals surface area (Å²) >= 11 is 0. The number of rotatable bonds is 6. The maximum atomic E-state index is 12.6. The number of furan rings is 1. The van der Waals surface area contributed by atoms with E-state index in [9.17, 15) is 4.79 Å². The maximum Gasteiger partial charge on any atom is 0.289 e. The first-order valence-corrected chi connectivity index (χ1v) is 10.6. The molecule has 1 saturated carbocycles. The Labute approximate surface area is 165 Å². The van der Waals surface area contributed by atoms with Crippen LogP contribution in [0.3, 0.4) is 0 Å². The predicted molar refractivity (Wildman–Crippen MR) is 103 cm³/mol. The van der Waals surface area contributed by atoms with Crippen molar-refractivity contribution >= 4 is 5.91 Å². The number of nitrogens with one attached hydrogen (secondary N) is 1. The van der Waals surface area contributed by atoms with E-state index < -0.39 is 0 Å². The SMILES string of the molecule is CC(C)C[C@H](c1nnnn1C1CCCC1)[NH+]1CCN(C(=O)c2ccco2)CC1. The van der Waals surface area contributed by atoms with Crippen LogP contribution in [0.1, 0.15) is 74.4 Å². The van der Waals surface area contributed by atoms with Gasteiger partial charge in [-0.2, -0.15) is 0 Å². The van der Waals surface area contributed by atoms with Crippen molar-refractivity contribution in [3.05, 3.63) is 30.0 Å². The van der Waals surface area contributed by atoms with Crippen LogP contribution in [0.4, 0.5) is 0 Å². The minimum atomic E-state index is -0.0137. The van der Waals surface area contributed by atoms with Gasteiger partial charge >= 0.3 is 0 Å². The van der Waals surface area contributed by atoms with Gasteiger partial charge < -0.3 is 14.2 Å². The molecule has 1 aliphatic carbocycles. The lowest BCUT2D eigenvalue weighted by atomic mass is 10.0. The fourth-order valence-electron chi connectivity index (χ4n) is 4.67. The van der Waals surface area contributed by atoms with Gasteiger partial charge in [-0.15, -0.1) is 5.10 Å². The number of hydrogen-bond acceptors (Lipinski definition) is 5. The van der Waals surface area contributed by atoms with Crippen molar-refractivity contribution in [2.24, 2.45) is 5.92 Å². The Bertz CT molecular complexity index is 758. The average Bonchev–Trinajstić information content (AvgIpc) is 3.47. The van der Waals surface area contributed by atoms with Gasteiger partial charge in [0.1, 0.15) is 6.04 Å². The van der Waals surface area contributed by atoms with Crippen LogP contribution in [0.15, 0.2) is 22.8 Å². The van der Waals surface area contributed by atoms with Crippen LogP contribution in [0.5, 0.6) is 0 Å². The van der Waals surface area contributed by atoms with Crippen LogP contribution >= 0.6 is 0 Å². The van der Waals surface area contributed by atoms with Crippen molar-refractivity contribution < 1.29 is 14.1 Å². The quantitative estimate of drug-likeness (QED) is 0.813. The summed E-state index contributed by atoms with van der Waals surface area (Å²) in [6, 6.07) is 4.21. The molecule has 0 spiro atoms. The number of aromatic nitrogens is 4. The highest BCUT2D eigenvalue weighted by atomic mass is 16.3. The molecular formula is C20H31N6O2+. The number of carbonyl (C=O) groups is 1. The van der Waals surface area contributed by atoms with Gasteiger partial charge in [0.05, 0.1) is 38.5 Å². The number of hydrogen-bond donors (Lipinski definition) is 1. The molecular weight excluding hydrogens is 356 g/mol. The van der Waals surface area contributed by atoms with Crippen molar-refractivity contribution in [1.29, 1.82) is 0 Å². The highest BCUT2D eigenvalue weighted by Crippen LogP contribution is 2.31. The number of nitrogens with zero attached hydrogens (tertiary/aromatic N) is 5. The van der Waals surface area contributed by atoms with Gasteiger partial charge in [-0.1, -0.05) is 26.7 Å². The van der Waals surface area contributed by atoms with E-state index in [0.717, 1.165) is 38.4 Å². The molecule has 1 saturated heterocycles. The highest BCUT2D eigenvalue weighted by molar-refractivity contribution is 5.91. The van der Waals surface area contributed by atoms with Gasteiger partial charge in [-0.3, -0.25) is 4.79 Å². The van der Waals surface area contributed by atoms with E-state index in [2.05, 4.69) is 34.1 Å². The van der Waals surface area contributed by atoms with E-state index in [-0.39, 0.29) is 11.9 Å². The summed E-state index contributed by atoms with van der Waals surface area (Å²) in [6.45, 7) is 7.78. The van der Waals surface area contributed by atoms with E-state index >= 15 is 0 Å². The van der Waals surface area contributed by atoms with Crippen molar-refractivity contribution in [3.63, 3.8) is 0 Å². The number of carbonyl (C=O) groups excluding carboxylic acids is 1. The summed E-state index contributed by atoms with van der Waals surface area (Å²) in [5.41, 5.74) is 0. The monoisotopic (exact) mass is 387 g/mol. The molecule has 2 aliphatic rings. The number of amides is 1. The zero-order valence-electron chi connectivity index (χ0n) is 16.9. The van der Waals surface area contributed by atoms with E-state index in [1.165, 1.54) is 30.6 Å². The number of tetrazole rings is 1. The van der Waals surface area contributed by atoms with Crippen LogP contribution in [0, 0.1) is 5.92 Å². The van der Waals surface area contributed by atoms with Crippen molar-refractivity contribution in [2.45, 2.75) is 58.0 Å². The van der Waals surface area contributed by atoms with Crippen LogP contribution < -0.4 is 4.90 Å². The Morgan fingerprint density at radius 1 is 1.29 bits per heavy atom. The standard InChI is InChI=1S/C20H30N6O2/c1-15(2)14-17(19-21-22-23-26(19)16-6-3-4-7-16)24-9-11-25(12-10-24)20(27)18-8-5-13-28-18/h5,8,13,15-17H,3-4,6-7,9-12,14H2,1-2H3/p+1/t17-/m1/s1. The molecule has 0 bridgehead atoms. The third-order valence-electron chi connectivity index (χ3n) is 6.13. The van der Waals surface area contributed by atoms with Crippen LogP contribution in [0.2, 0.25) is 0 Å². The fraction of sp³-hybridized carbons (Fsp3) is 0.700. The predicted octanol–water partition coefficient (Wildman–Crippen LogP) is 1.51. The second kappa shape index (κ2) is 8.43. The summed E-state index contributed by atoms with van der Waals surface area (Å²) in [7, 11) is 0. The fourth-order valence-corrected chi connectivity index (χ4v) is 4.67. The molecule has 152 valence electrons. The molecule has 1 aliphatic heterocycles. The normalized spacial score (nSPS) is 20.2. The van der Waals surface area contributed by atoms with Crippen molar-refractivity contribution in [2.75, 3.05) is 26.2 Å². The smallest absolute Gasteiger partial charge is 0.289 e. The van der Waals surface area contributed by atoms with Crippen molar-refractivity contribution in [3.8, 4) is 0 Å². The lowest BCUT2D eigenvalue weighted by Gasteiger charge is -2.36. The summed E-state index contributed by atoms with van der Waals surface area (Å²) < 4.78 is 7.38. The minimum Gasteiger partial charge on any atom is -0.459 e. The summed E-state index contributed by atoms with van der Waals surface area (Å²) in [5.74, 6) is 2.00. The number of quaternary nitrogens is 1. The Kier molecular flexibility index (Phi) is 5.75. The first kappa shape index (κ1) is 19.1. The molecule has 28 heavy (non-hydrogen) atoms. The van der Waals surface area contributed by atoms with Gasteiger partial charge in [0, 0.05) is 6.42 Å². The van der Waals surface area contributed by atoms with Crippen LogP contribution in [-0.2, 0) is 0 Å². The molecule has 1 amide bonds. The largest absolute Gasteiger partial charge is 0.459 e. The lowest BCUT2D eigenvalue weighted by Crippen LogP contribution is -3.15. The third-order valence-corrected chi connectivity index (χ3v) is 6.13. The Morgan fingerprint density at radius 2 is 2.04 bits per heavy atom. The van der Waals surface area contributed by atoms with Gasteiger partial charge in [-0.05, 0) is 41.3 Å². The molecule has 2 fully saturated rings. The van der Waals surface area contributed by atoms with E-state index in [0.29, 0.717) is 17.7 Å². The molecule has 2 aromatic heterocycles. The molecule has 4 rings (SSSR count). The molecule has 8 nitrogen and oxygen atoms in total. The molecule has 0 aromatic carbocycles. The van der Waals surface area contributed by atoms with E-state index in [1.807, 2.05) is 4.90 Å². The Morgan fingerprint density at radius 3 is 2.68 bits per heavy atom. The zero-order valence-corrected chi connectivity index (χ0v) is 16.9. The second-order valence-corrected chi connectivity index (χ2v) is 8.53. The van der Waals surface area contributed by atoms with Crippen molar-refractivity contribution in [1.82, 2.24) is 25.1 Å². The maximum absolute atomic E-state index is 12.6. The Hall–Kier alpha value is -2.22. The molecule has 1 N–H and O–H groups in total. The van der Waals surface area contributed by atoms with Gasteiger partial charge in [-0.25, -0.2) is 4.68 Å². The van der Waals surface area contributed by atoms with E-state index in [4.69, 9.17) is 4.42 Å². The van der Waals surface area contributed by atoms with Gasteiger partial charge in [0.2, 0.25) is 5.82 Å². The summed E-state index contributed by atoms with van der Waals surface area (Å²) in [6.07, 6.45) is 7.48. The third kappa shape index (κ3) is 3.97. The first-order valence-electron chi connectivity index (χ1n) is 10.6. The number of piperazine rings is 1. The van der Waals surface area contributed by atoms with Crippen LogP contribution in [-0.4, -0.2) is 57.2 Å². The highest BCUT2D eigenvalue weighted by Gasteiger charge is 2.36. The van der Waals surface area contributed by atoms with Crippen LogP contribution in [0.25, 0.3) is 0 Å². The van der Waals surface area contributed by atoms with E-state index in [1.54, 1.807) is 18.4 Å². The second-order valence-electron chi connectivity index (χ2n) is 8.53. The molecule has 3 heterocycles. The molecule has 1 atom stereocenters. The average molecular weight is 388 g/mol. The Balaban J connectivity index is 1.47. The van der Waals surface area contributed by atoms with Gasteiger partial charge in [0.25, 0.3) is 5.91 Å². The lowest BCUT2D eigenvalue weighted by molar-refractivity contribution is -0.937. The summed E-state index contributed by atoms with van der Waals surface area (Å²) in [4.78, 5) is 15.9. The molecule has 8 heteroatoms. The van der Waals surface area contributed by atoms with Gasteiger partial charge in [0.15, 0.2) is 5.76 Å².